The molecule has 0 fully saturated rings. The van der Waals surface area contributed by atoms with E-state index < -0.39 is 0 Å². The van der Waals surface area contributed by atoms with Crippen molar-refractivity contribution in [2.24, 2.45) is 0 Å². The van der Waals surface area contributed by atoms with E-state index in [1.807, 2.05) is 60.6 Å². The van der Waals surface area contributed by atoms with Gasteiger partial charge < -0.3 is 5.43 Å². The van der Waals surface area contributed by atoms with Crippen LogP contribution in [0.15, 0.2) is 72.9 Å². The molecule has 0 aliphatic rings. The van der Waals surface area contributed by atoms with Crippen molar-refractivity contribution in [1.82, 2.24) is 5.43 Å². The molecule has 0 aromatic heterocycles. The fourth-order valence-electron chi connectivity index (χ4n) is 1.60. The first-order chi connectivity index (χ1) is 8.42. The summed E-state index contributed by atoms with van der Waals surface area (Å²) in [5.74, 6) is 0. The van der Waals surface area contributed by atoms with Crippen LogP contribution >= 0.6 is 0 Å². The monoisotopic (exact) mass is 224 g/mol. The van der Waals surface area contributed by atoms with Crippen LogP contribution in [-0.4, -0.2) is 0 Å². The minimum absolute atomic E-state index is 1.11. The lowest BCUT2D eigenvalue weighted by Gasteiger charge is -2.24. The predicted molar refractivity (Wildman–Crippen MR) is 73.0 cm³/mol. The molecular weight excluding hydrogens is 208 g/mol. The number of para-hydroxylation sites is 2. The summed E-state index contributed by atoms with van der Waals surface area (Å²) in [6.45, 7) is 1.99. The molecule has 0 radical (unpaired) electrons. The summed E-state index contributed by atoms with van der Waals surface area (Å²) < 4.78 is 0. The van der Waals surface area contributed by atoms with Crippen molar-refractivity contribution in [2.75, 3.05) is 5.01 Å². The second kappa shape index (κ2) is 5.75. The minimum atomic E-state index is 1.11. The molecule has 0 aliphatic carbocycles. The average Bonchev–Trinajstić information content (AvgIpc) is 2.42. The van der Waals surface area contributed by atoms with Crippen LogP contribution in [0.5, 0.6) is 0 Å². The summed E-state index contributed by atoms with van der Waals surface area (Å²) in [5.41, 5.74) is 5.47. The van der Waals surface area contributed by atoms with Gasteiger partial charge >= 0.3 is 0 Å². The molecule has 0 amide bonds. The van der Waals surface area contributed by atoms with Crippen LogP contribution in [0.3, 0.4) is 0 Å². The molecule has 86 valence electrons. The Morgan fingerprint density at radius 2 is 1.29 bits per heavy atom. The molecule has 0 aliphatic heterocycles. The molecule has 0 unspecified atom stereocenters. The standard InChI is InChI=1S/C15H16N2/c1-2-13-16-17(14-9-5-3-6-10-14)15-11-7-4-8-12-15/h2-13,16H,1H3. The second-order valence-corrected chi connectivity index (χ2v) is 3.64. The van der Waals surface area contributed by atoms with Gasteiger partial charge in [-0.15, -0.1) is 0 Å². The first-order valence-corrected chi connectivity index (χ1v) is 5.69. The number of allylic oxidation sites excluding steroid dienone is 1. The zero-order valence-corrected chi connectivity index (χ0v) is 9.88. The van der Waals surface area contributed by atoms with E-state index in [1.54, 1.807) is 0 Å². The highest BCUT2D eigenvalue weighted by atomic mass is 15.5. The Bertz CT molecular complexity index is 423. The van der Waals surface area contributed by atoms with Crippen molar-refractivity contribution < 1.29 is 0 Å². The topological polar surface area (TPSA) is 15.3 Å². The van der Waals surface area contributed by atoms with Gasteiger partial charge in [0.25, 0.3) is 0 Å². The Balaban J connectivity index is 2.32. The van der Waals surface area contributed by atoms with E-state index >= 15 is 0 Å². The van der Waals surface area contributed by atoms with Crippen LogP contribution in [0.4, 0.5) is 11.4 Å². The van der Waals surface area contributed by atoms with Gasteiger partial charge in [-0.3, -0.25) is 5.01 Å². The third-order valence-corrected chi connectivity index (χ3v) is 2.40. The third-order valence-electron chi connectivity index (χ3n) is 2.40. The van der Waals surface area contributed by atoms with E-state index in [-0.39, 0.29) is 0 Å². The number of rotatable bonds is 4. The highest BCUT2D eigenvalue weighted by Crippen LogP contribution is 2.22. The van der Waals surface area contributed by atoms with Crippen molar-refractivity contribution in [3.05, 3.63) is 72.9 Å². The Labute approximate surface area is 102 Å². The van der Waals surface area contributed by atoms with Crippen molar-refractivity contribution in [3.8, 4) is 0 Å². The predicted octanol–water partition coefficient (Wildman–Crippen LogP) is 3.86. The number of nitrogens with zero attached hydrogens (tertiary/aromatic N) is 1. The lowest BCUT2D eigenvalue weighted by Crippen LogP contribution is -2.28. The van der Waals surface area contributed by atoms with Gasteiger partial charge in [0.15, 0.2) is 0 Å². The normalized spacial score (nSPS) is 10.4. The van der Waals surface area contributed by atoms with Gasteiger partial charge in [-0.1, -0.05) is 42.5 Å². The van der Waals surface area contributed by atoms with Crippen LogP contribution in [-0.2, 0) is 0 Å². The van der Waals surface area contributed by atoms with E-state index in [1.165, 1.54) is 0 Å². The third kappa shape index (κ3) is 2.88. The van der Waals surface area contributed by atoms with Gasteiger partial charge in [-0.25, -0.2) is 0 Å². The van der Waals surface area contributed by atoms with E-state index in [4.69, 9.17) is 0 Å². The molecule has 0 atom stereocenters. The van der Waals surface area contributed by atoms with Crippen LogP contribution in [0, 0.1) is 0 Å². The maximum absolute atomic E-state index is 3.25. The summed E-state index contributed by atoms with van der Waals surface area (Å²) in [4.78, 5) is 0. The number of benzene rings is 2. The summed E-state index contributed by atoms with van der Waals surface area (Å²) in [5, 5.41) is 2.04. The number of hydrazine groups is 1. The quantitative estimate of drug-likeness (QED) is 0.793. The van der Waals surface area contributed by atoms with Gasteiger partial charge in [0, 0.05) is 6.20 Å². The summed E-state index contributed by atoms with van der Waals surface area (Å²) in [6.07, 6.45) is 3.89. The molecule has 17 heavy (non-hydrogen) atoms. The van der Waals surface area contributed by atoms with E-state index in [0.717, 1.165) is 11.4 Å². The molecule has 2 aromatic carbocycles. The Morgan fingerprint density at radius 1 is 0.824 bits per heavy atom. The lowest BCUT2D eigenvalue weighted by molar-refractivity contribution is 0.885. The molecule has 0 heterocycles. The van der Waals surface area contributed by atoms with Gasteiger partial charge in [0.2, 0.25) is 0 Å². The summed E-state index contributed by atoms with van der Waals surface area (Å²) >= 11 is 0. The van der Waals surface area contributed by atoms with Gasteiger partial charge in [0.05, 0.1) is 11.4 Å². The fraction of sp³-hybridized carbons (Fsp3) is 0.0667. The maximum atomic E-state index is 3.25. The number of anilines is 2. The van der Waals surface area contributed by atoms with Gasteiger partial charge in [-0.05, 0) is 31.2 Å². The van der Waals surface area contributed by atoms with Crippen molar-refractivity contribution in [1.29, 1.82) is 0 Å². The largest absolute Gasteiger partial charge is 0.301 e. The average molecular weight is 224 g/mol. The van der Waals surface area contributed by atoms with E-state index in [0.29, 0.717) is 0 Å². The van der Waals surface area contributed by atoms with Crippen LogP contribution in [0.25, 0.3) is 0 Å². The SMILES string of the molecule is CC=CNN(c1ccccc1)c1ccccc1. The molecule has 0 saturated carbocycles. The molecule has 0 saturated heterocycles. The second-order valence-electron chi connectivity index (χ2n) is 3.64. The van der Waals surface area contributed by atoms with Crippen molar-refractivity contribution >= 4 is 11.4 Å². The fourth-order valence-corrected chi connectivity index (χ4v) is 1.60. The molecule has 2 rings (SSSR count). The molecule has 2 nitrogen and oxygen atoms in total. The first-order valence-electron chi connectivity index (χ1n) is 5.69. The Morgan fingerprint density at radius 3 is 1.71 bits per heavy atom. The molecule has 2 aromatic rings. The first kappa shape index (κ1) is 11.3. The Hall–Kier alpha value is -2.22. The van der Waals surface area contributed by atoms with Crippen LogP contribution in [0.2, 0.25) is 0 Å². The molecule has 2 heteroatoms. The highest BCUT2D eigenvalue weighted by Gasteiger charge is 2.05. The van der Waals surface area contributed by atoms with Crippen molar-refractivity contribution in [2.45, 2.75) is 6.92 Å². The lowest BCUT2D eigenvalue weighted by atomic mass is 10.2. The van der Waals surface area contributed by atoms with E-state index in [9.17, 15) is 0 Å². The van der Waals surface area contributed by atoms with Crippen LogP contribution < -0.4 is 10.4 Å². The minimum Gasteiger partial charge on any atom is -0.301 e. The molecule has 0 bridgehead atoms. The molecular formula is C15H16N2. The van der Waals surface area contributed by atoms with Gasteiger partial charge in [0.1, 0.15) is 0 Å². The summed E-state index contributed by atoms with van der Waals surface area (Å²) in [6, 6.07) is 20.4. The highest BCUT2D eigenvalue weighted by molar-refractivity contribution is 5.61. The van der Waals surface area contributed by atoms with Crippen molar-refractivity contribution in [3.63, 3.8) is 0 Å². The van der Waals surface area contributed by atoms with Gasteiger partial charge in [-0.2, -0.15) is 0 Å². The zero-order chi connectivity index (χ0) is 11.9. The van der Waals surface area contributed by atoms with E-state index in [2.05, 4.69) is 29.7 Å². The summed E-state index contributed by atoms with van der Waals surface area (Å²) in [7, 11) is 0. The molecule has 0 spiro atoms. The maximum Gasteiger partial charge on any atom is 0.0630 e. The number of nitrogens with one attached hydrogen (secondary N) is 1. The number of hydrogen-bond donors (Lipinski definition) is 1. The van der Waals surface area contributed by atoms with Crippen LogP contribution in [0.1, 0.15) is 6.92 Å². The zero-order valence-electron chi connectivity index (χ0n) is 9.88. The molecule has 1 N–H and O–H groups in total. The number of hydrogen-bond acceptors (Lipinski definition) is 2. The Kier molecular flexibility index (Phi) is 3.81. The smallest absolute Gasteiger partial charge is 0.0630 e.